The molecule has 0 N–H and O–H groups in total. The average Bonchev–Trinajstić information content (AvgIpc) is 2.48. The first kappa shape index (κ1) is 21.0. The molecule has 21 heavy (non-hydrogen) atoms. The summed E-state index contributed by atoms with van der Waals surface area (Å²) in [4.78, 5) is 0. The third-order valence-corrected chi connectivity index (χ3v) is 4.72. The molecule has 0 aliphatic rings. The molecule has 1 radical (unpaired) electrons. The molecule has 0 aromatic heterocycles. The van der Waals surface area contributed by atoms with Gasteiger partial charge in [-0.3, -0.25) is 0 Å². The van der Waals surface area contributed by atoms with Gasteiger partial charge in [-0.2, -0.15) is 0 Å². The van der Waals surface area contributed by atoms with Gasteiger partial charge in [0.15, 0.2) is 0 Å². The molecular weight excluding hydrogens is 252 g/mol. The summed E-state index contributed by atoms with van der Waals surface area (Å²) in [6, 6.07) is 0. The summed E-state index contributed by atoms with van der Waals surface area (Å²) in [6.45, 7) is 9.38. The highest BCUT2D eigenvalue weighted by molar-refractivity contribution is 4.81. The van der Waals surface area contributed by atoms with Crippen molar-refractivity contribution in [2.45, 2.75) is 118 Å². The largest absolute Gasteiger partial charge is 0.0654 e. The lowest BCUT2D eigenvalue weighted by molar-refractivity contribution is 0.403. The third-order valence-electron chi connectivity index (χ3n) is 4.72. The van der Waals surface area contributed by atoms with Crippen LogP contribution in [0.3, 0.4) is 0 Å². The van der Waals surface area contributed by atoms with Crippen molar-refractivity contribution in [1.29, 1.82) is 0 Å². The van der Waals surface area contributed by atoms with E-state index in [1.807, 2.05) is 0 Å². The van der Waals surface area contributed by atoms with Crippen molar-refractivity contribution < 1.29 is 0 Å². The Morgan fingerprint density at radius 3 is 1.67 bits per heavy atom. The highest BCUT2D eigenvalue weighted by Crippen LogP contribution is 2.26. The Morgan fingerprint density at radius 1 is 0.571 bits per heavy atom. The van der Waals surface area contributed by atoms with Gasteiger partial charge in [-0.15, -0.1) is 0 Å². The summed E-state index contributed by atoms with van der Waals surface area (Å²) in [5.41, 5.74) is 0. The van der Waals surface area contributed by atoms with Crippen LogP contribution in [0.4, 0.5) is 0 Å². The quantitative estimate of drug-likeness (QED) is 0.253. The first-order valence-electron chi connectivity index (χ1n) is 10.1. The lowest BCUT2D eigenvalue weighted by atomic mass is 9.85. The van der Waals surface area contributed by atoms with E-state index >= 15 is 0 Å². The first-order chi connectivity index (χ1) is 10.2. The fraction of sp³-hybridized carbons (Fsp3) is 0.952. The molecule has 0 rings (SSSR count). The van der Waals surface area contributed by atoms with Crippen molar-refractivity contribution in [3.8, 4) is 0 Å². The second-order valence-corrected chi connectivity index (χ2v) is 7.12. The van der Waals surface area contributed by atoms with E-state index in [1.54, 1.807) is 0 Å². The van der Waals surface area contributed by atoms with Gasteiger partial charge in [-0.1, -0.05) is 118 Å². The van der Waals surface area contributed by atoms with E-state index in [0.717, 1.165) is 11.8 Å². The molecule has 0 spiro atoms. The second-order valence-electron chi connectivity index (χ2n) is 7.12. The van der Waals surface area contributed by atoms with E-state index in [0.29, 0.717) is 0 Å². The number of hydrogen-bond donors (Lipinski definition) is 0. The number of hydrogen-bond acceptors (Lipinski definition) is 0. The minimum atomic E-state index is 0.833. The Morgan fingerprint density at radius 2 is 1.05 bits per heavy atom. The minimum absolute atomic E-state index is 0.833. The van der Waals surface area contributed by atoms with Crippen LogP contribution in [-0.4, -0.2) is 0 Å². The monoisotopic (exact) mass is 295 g/mol. The maximum Gasteiger partial charge on any atom is -0.0326 e. The van der Waals surface area contributed by atoms with Crippen LogP contribution in [-0.2, 0) is 0 Å². The minimum Gasteiger partial charge on any atom is -0.0654 e. The van der Waals surface area contributed by atoms with E-state index < -0.39 is 0 Å². The van der Waals surface area contributed by atoms with Gasteiger partial charge in [0.25, 0.3) is 0 Å². The van der Waals surface area contributed by atoms with Gasteiger partial charge in [0.2, 0.25) is 0 Å². The molecule has 127 valence electrons. The zero-order valence-corrected chi connectivity index (χ0v) is 15.6. The smallest absolute Gasteiger partial charge is 0.0326 e. The number of unbranched alkanes of at least 4 members (excludes halogenated alkanes) is 8. The zero-order valence-electron chi connectivity index (χ0n) is 15.6. The molecule has 0 saturated heterocycles. The summed E-state index contributed by atoms with van der Waals surface area (Å²) < 4.78 is 0. The van der Waals surface area contributed by atoms with Crippen molar-refractivity contribution in [3.63, 3.8) is 0 Å². The van der Waals surface area contributed by atoms with Crippen molar-refractivity contribution in [3.05, 3.63) is 6.42 Å². The molecule has 0 aromatic carbocycles. The fourth-order valence-corrected chi connectivity index (χ4v) is 3.27. The van der Waals surface area contributed by atoms with Crippen LogP contribution in [0.15, 0.2) is 0 Å². The van der Waals surface area contributed by atoms with Crippen LogP contribution < -0.4 is 0 Å². The van der Waals surface area contributed by atoms with E-state index in [4.69, 9.17) is 0 Å². The van der Waals surface area contributed by atoms with E-state index in [-0.39, 0.29) is 0 Å². The SMILES string of the molecule is CCCCCCCC(C)[CH]C(CCCC)CCCCCC. The molecule has 0 fully saturated rings. The molecule has 0 nitrogen and oxygen atoms in total. The summed E-state index contributed by atoms with van der Waals surface area (Å²) in [6.07, 6.45) is 22.6. The molecule has 0 amide bonds. The van der Waals surface area contributed by atoms with Gasteiger partial charge in [0, 0.05) is 0 Å². The fourth-order valence-electron chi connectivity index (χ4n) is 3.27. The standard InChI is InChI=1S/C21H43/c1-5-8-11-13-14-16-20(4)19-21(17-10-7-3)18-15-12-9-6-2/h19-21H,5-18H2,1-4H3. The predicted molar refractivity (Wildman–Crippen MR) is 98.6 cm³/mol. The van der Waals surface area contributed by atoms with Crippen LogP contribution in [0.5, 0.6) is 0 Å². The lowest BCUT2D eigenvalue weighted by Crippen LogP contribution is -2.08. The van der Waals surface area contributed by atoms with Gasteiger partial charge < -0.3 is 0 Å². The first-order valence-corrected chi connectivity index (χ1v) is 10.1. The van der Waals surface area contributed by atoms with Crippen molar-refractivity contribution >= 4 is 0 Å². The Labute approximate surface area is 136 Å². The van der Waals surface area contributed by atoms with E-state index in [9.17, 15) is 0 Å². The molecule has 2 unspecified atom stereocenters. The summed E-state index contributed by atoms with van der Waals surface area (Å²) in [7, 11) is 0. The lowest BCUT2D eigenvalue weighted by Gasteiger charge is -2.21. The van der Waals surface area contributed by atoms with E-state index in [2.05, 4.69) is 34.1 Å². The summed E-state index contributed by atoms with van der Waals surface area (Å²) in [5, 5.41) is 0. The Kier molecular flexibility index (Phi) is 16.4. The Balaban J connectivity index is 3.78. The Bertz CT molecular complexity index is 184. The molecule has 0 aliphatic heterocycles. The van der Waals surface area contributed by atoms with Crippen LogP contribution in [0.2, 0.25) is 0 Å². The molecule has 0 aliphatic carbocycles. The van der Waals surface area contributed by atoms with Crippen LogP contribution in [0.1, 0.15) is 118 Å². The van der Waals surface area contributed by atoms with Gasteiger partial charge in [-0.05, 0) is 18.3 Å². The van der Waals surface area contributed by atoms with Gasteiger partial charge in [0.05, 0.1) is 0 Å². The average molecular weight is 296 g/mol. The summed E-state index contributed by atoms with van der Waals surface area (Å²) in [5.74, 6) is 1.73. The van der Waals surface area contributed by atoms with Gasteiger partial charge >= 0.3 is 0 Å². The predicted octanol–water partition coefficient (Wildman–Crippen LogP) is 7.96. The highest BCUT2D eigenvalue weighted by atomic mass is 14.2. The van der Waals surface area contributed by atoms with Crippen molar-refractivity contribution in [2.75, 3.05) is 0 Å². The molecule has 0 heteroatoms. The molecule has 0 heterocycles. The van der Waals surface area contributed by atoms with Gasteiger partial charge in [-0.25, -0.2) is 0 Å². The zero-order chi connectivity index (χ0) is 15.8. The normalized spacial score (nSPS) is 14.3. The highest BCUT2D eigenvalue weighted by Gasteiger charge is 2.13. The molecule has 0 bridgehead atoms. The molecule has 2 atom stereocenters. The van der Waals surface area contributed by atoms with Crippen LogP contribution >= 0.6 is 0 Å². The van der Waals surface area contributed by atoms with Crippen molar-refractivity contribution in [2.24, 2.45) is 11.8 Å². The van der Waals surface area contributed by atoms with Crippen molar-refractivity contribution in [1.82, 2.24) is 0 Å². The Hall–Kier alpha value is 0. The summed E-state index contributed by atoms with van der Waals surface area (Å²) >= 11 is 0. The topological polar surface area (TPSA) is 0 Å². The van der Waals surface area contributed by atoms with Crippen LogP contribution in [0, 0.1) is 18.3 Å². The molecule has 0 aromatic rings. The molecular formula is C21H43. The molecule has 0 saturated carbocycles. The van der Waals surface area contributed by atoms with E-state index in [1.165, 1.54) is 89.9 Å². The maximum atomic E-state index is 2.71. The second kappa shape index (κ2) is 16.4. The van der Waals surface area contributed by atoms with Crippen LogP contribution in [0.25, 0.3) is 0 Å². The third kappa shape index (κ3) is 14.7. The van der Waals surface area contributed by atoms with Gasteiger partial charge in [0.1, 0.15) is 0 Å². The maximum absolute atomic E-state index is 2.71. The number of rotatable bonds is 16.